The fraction of sp³-hybridized carbons (Fsp3) is 0.536. The number of nitro groups is 1. The van der Waals surface area contributed by atoms with Crippen molar-refractivity contribution in [1.82, 2.24) is 19.6 Å². The molecule has 4 N–H and O–H groups in total. The maximum Gasteiger partial charge on any atom is 0.293 e. The van der Waals surface area contributed by atoms with E-state index in [1.807, 2.05) is 37.4 Å². The number of carbonyl (C=O) groups is 1. The van der Waals surface area contributed by atoms with E-state index in [1.54, 1.807) is 6.07 Å². The number of H-pyrrole nitrogens is 1. The molecule has 394 valence electrons. The van der Waals surface area contributed by atoms with Crippen molar-refractivity contribution in [3.05, 3.63) is 100 Å². The first-order valence-corrected chi connectivity index (χ1v) is 28.3. The summed E-state index contributed by atoms with van der Waals surface area (Å²) in [6, 6.07) is 22.3. The van der Waals surface area contributed by atoms with Gasteiger partial charge >= 0.3 is 0 Å². The second-order valence-electron chi connectivity index (χ2n) is 22.4. The van der Waals surface area contributed by atoms with Crippen molar-refractivity contribution in [2.75, 3.05) is 54.5 Å². The average molecular weight is 1030 g/mol. The Hall–Kier alpha value is -5.95. The summed E-state index contributed by atoms with van der Waals surface area (Å²) in [5, 5.41) is 26.8. The lowest BCUT2D eigenvalue weighted by atomic mass is 9.52. The van der Waals surface area contributed by atoms with E-state index in [0.29, 0.717) is 79.9 Å². The van der Waals surface area contributed by atoms with E-state index in [9.17, 15) is 28.4 Å². The number of hydrogen-bond acceptors (Lipinski definition) is 14. The number of anilines is 4. The number of pyridine rings is 1. The van der Waals surface area contributed by atoms with E-state index in [-0.39, 0.29) is 34.7 Å². The van der Waals surface area contributed by atoms with Crippen LogP contribution in [0.2, 0.25) is 0 Å². The van der Waals surface area contributed by atoms with E-state index in [4.69, 9.17) is 19.2 Å². The van der Waals surface area contributed by atoms with Gasteiger partial charge in [-0.15, -0.1) is 0 Å². The molecule has 0 radical (unpaired) electrons. The topological polar surface area (TPSA) is 205 Å². The van der Waals surface area contributed by atoms with Crippen LogP contribution in [0.4, 0.5) is 28.4 Å². The van der Waals surface area contributed by atoms with Gasteiger partial charge in [0.05, 0.1) is 45.4 Å². The minimum Gasteiger partial charge on any atom is -0.491 e. The Labute approximate surface area is 433 Å². The minimum atomic E-state index is -4.63. The number of aromatic amines is 1. The number of amides is 1. The molecule has 3 aromatic carbocycles. The van der Waals surface area contributed by atoms with Crippen molar-refractivity contribution >= 4 is 55.4 Å². The highest BCUT2D eigenvalue weighted by Gasteiger charge is 2.55. The Kier molecular flexibility index (Phi) is 13.5. The fourth-order valence-corrected chi connectivity index (χ4v) is 14.1. The van der Waals surface area contributed by atoms with Gasteiger partial charge in [0, 0.05) is 67.2 Å². The molecule has 5 atom stereocenters. The van der Waals surface area contributed by atoms with Crippen molar-refractivity contribution in [3.63, 3.8) is 0 Å². The number of nitrogens with one attached hydrogen (secondary N) is 3. The zero-order valence-electron chi connectivity index (χ0n) is 42.9. The summed E-state index contributed by atoms with van der Waals surface area (Å²) in [4.78, 5) is 41.4. The summed E-state index contributed by atoms with van der Waals surface area (Å²) >= 11 is 0. The second-order valence-corrected chi connectivity index (χ2v) is 24.1. The van der Waals surface area contributed by atoms with Gasteiger partial charge in [-0.05, 0) is 157 Å². The number of aromatic nitrogens is 2. The minimum absolute atomic E-state index is 0.102. The molecule has 5 aromatic rings. The quantitative estimate of drug-likeness (QED) is 0.0641. The third-order valence-corrected chi connectivity index (χ3v) is 18.8. The van der Waals surface area contributed by atoms with Crippen molar-refractivity contribution in [2.45, 2.75) is 139 Å². The molecule has 5 fully saturated rings. The highest BCUT2D eigenvalue weighted by Crippen LogP contribution is 2.58. The molecule has 2 aliphatic carbocycles. The van der Waals surface area contributed by atoms with E-state index in [1.165, 1.54) is 30.5 Å². The van der Waals surface area contributed by atoms with Gasteiger partial charge < -0.3 is 39.4 Å². The molecule has 11 rings (SSSR count). The van der Waals surface area contributed by atoms with E-state index >= 15 is 0 Å². The van der Waals surface area contributed by atoms with Gasteiger partial charge in [-0.1, -0.05) is 31.5 Å². The Bertz CT molecular complexity index is 3020. The summed E-state index contributed by atoms with van der Waals surface area (Å²) in [6.07, 6.45) is 11.6. The number of likely N-dealkylation sites (tertiary alicyclic amines) is 1. The number of hydrogen-bond donors (Lipinski definition) is 4. The standard InChI is InChI=1S/C56H70N8O9S/c1-35(2)72-50-11-6-5-9-41(50)44-10-7-8-25-62(44)49-32-56(36(49)3)22-26-61(27-23-56)39-12-14-42(46(30-39)63-45-19-28-71-34-51(45)73-54-48(63)29-38-18-24-57-52(38)59-54)53(65)60-74(69,70)40-13-15-43(47(31-40)64(67)68)58-33-37-16-20-55(4,66)21-17-37/h5-6,9,11-15,18,24,29-31,35-37,44-45,49,51,58,66H,7-8,10,16-17,19-23,25-28,32-34H2,1-4H3,(H,57,59)(H,60,65)/t36?,37?,44-,45-,49?,51-,55?/m0/s1. The van der Waals surface area contributed by atoms with Gasteiger partial charge in [0.2, 0.25) is 5.88 Å². The van der Waals surface area contributed by atoms with Crippen LogP contribution in [-0.4, -0.2) is 109 Å². The molecular weight excluding hydrogens is 961 g/mol. The van der Waals surface area contributed by atoms with Gasteiger partial charge in [-0.25, -0.2) is 13.1 Å². The number of fused-ring (bicyclic) bond motifs is 3. The molecule has 6 aliphatic rings. The Morgan fingerprint density at radius 1 is 0.973 bits per heavy atom. The Morgan fingerprint density at radius 2 is 1.77 bits per heavy atom. The summed E-state index contributed by atoms with van der Waals surface area (Å²) in [7, 11) is -4.63. The number of aliphatic hydroxyl groups is 1. The molecule has 74 heavy (non-hydrogen) atoms. The van der Waals surface area contributed by atoms with Gasteiger partial charge in [0.15, 0.2) is 0 Å². The molecule has 0 bridgehead atoms. The molecule has 4 aliphatic heterocycles. The van der Waals surface area contributed by atoms with Gasteiger partial charge in [-0.3, -0.25) is 19.8 Å². The molecule has 2 aromatic heterocycles. The van der Waals surface area contributed by atoms with E-state index in [0.717, 1.165) is 81.0 Å². The van der Waals surface area contributed by atoms with Crippen LogP contribution < -0.4 is 29.3 Å². The lowest BCUT2D eigenvalue weighted by molar-refractivity contribution is -0.384. The first-order valence-electron chi connectivity index (χ1n) is 26.8. The molecular formula is C56H70N8O9S. The Morgan fingerprint density at radius 3 is 2.54 bits per heavy atom. The van der Waals surface area contributed by atoms with Crippen LogP contribution >= 0.6 is 0 Å². The average Bonchev–Trinajstić information content (AvgIpc) is 3.86. The number of nitrogens with zero attached hydrogens (tertiary/aromatic N) is 5. The maximum atomic E-state index is 14.8. The number of ether oxygens (including phenoxy) is 3. The summed E-state index contributed by atoms with van der Waals surface area (Å²) < 4.78 is 49.5. The summed E-state index contributed by atoms with van der Waals surface area (Å²) in [6.45, 7) is 12.4. The number of benzene rings is 3. The molecule has 1 amide bonds. The zero-order chi connectivity index (χ0) is 51.5. The van der Waals surface area contributed by atoms with Crippen LogP contribution in [-0.2, 0) is 14.8 Å². The summed E-state index contributed by atoms with van der Waals surface area (Å²) in [5.74, 6) is 1.19. The lowest BCUT2D eigenvalue weighted by Crippen LogP contribution is -2.62. The maximum absolute atomic E-state index is 14.8. The number of carbonyl (C=O) groups excluding carboxylic acids is 1. The van der Waals surface area contributed by atoms with Crippen molar-refractivity contribution < 1.29 is 37.5 Å². The number of sulfonamides is 1. The van der Waals surface area contributed by atoms with Crippen LogP contribution in [0.5, 0.6) is 11.6 Å². The predicted molar refractivity (Wildman–Crippen MR) is 284 cm³/mol. The molecule has 18 heteroatoms. The van der Waals surface area contributed by atoms with Crippen molar-refractivity contribution in [1.29, 1.82) is 0 Å². The first-order chi connectivity index (χ1) is 35.6. The highest BCUT2D eigenvalue weighted by molar-refractivity contribution is 7.90. The van der Waals surface area contributed by atoms with Crippen LogP contribution in [0.25, 0.3) is 11.0 Å². The number of para-hydroxylation sites is 1. The second kappa shape index (κ2) is 20.0. The largest absolute Gasteiger partial charge is 0.491 e. The first kappa shape index (κ1) is 50.2. The normalized spacial score (nSPS) is 26.9. The number of nitro benzene ring substituents is 1. The molecule has 1 spiro atoms. The lowest BCUT2D eigenvalue weighted by Gasteiger charge is -2.62. The van der Waals surface area contributed by atoms with Crippen LogP contribution in [0.15, 0.2) is 83.9 Å². The van der Waals surface area contributed by atoms with Gasteiger partial charge in [0.25, 0.3) is 21.6 Å². The zero-order valence-corrected chi connectivity index (χ0v) is 43.7. The molecule has 6 heterocycles. The van der Waals surface area contributed by atoms with E-state index in [2.05, 4.69) is 74.8 Å². The SMILES string of the molecule is CC(C)Oc1ccccc1[C@@H]1CCCCN1C1CC2(CCN(c3ccc(C(=O)NS(=O)(=O)c4ccc(NCC5CCC(C)(O)CC5)c([N+](=O)[O-])c4)c(N4c5cc6cc[nH]c6nc5O[C@H]5COCC[C@@H]54)c3)CC2)C1C. The number of piperidine rings is 2. The molecule has 2 saturated carbocycles. The number of rotatable bonds is 13. The van der Waals surface area contributed by atoms with Crippen LogP contribution in [0.3, 0.4) is 0 Å². The Balaban J connectivity index is 0.868. The predicted octanol–water partition coefficient (Wildman–Crippen LogP) is 9.64. The van der Waals surface area contributed by atoms with Crippen molar-refractivity contribution in [2.24, 2.45) is 17.3 Å². The summed E-state index contributed by atoms with van der Waals surface area (Å²) in [5.41, 5.74) is 3.37. The molecule has 2 unspecified atom stereocenters. The van der Waals surface area contributed by atoms with Crippen LogP contribution in [0.1, 0.15) is 120 Å². The monoisotopic (exact) mass is 1030 g/mol. The van der Waals surface area contributed by atoms with Gasteiger partial charge in [-0.2, -0.15) is 4.98 Å². The highest BCUT2D eigenvalue weighted by atomic mass is 32.2. The fourth-order valence-electron chi connectivity index (χ4n) is 13.1. The van der Waals surface area contributed by atoms with E-state index < -0.39 is 43.1 Å². The smallest absolute Gasteiger partial charge is 0.293 e. The molecule has 3 saturated heterocycles. The molecule has 17 nitrogen and oxygen atoms in total. The van der Waals surface area contributed by atoms with Crippen LogP contribution in [0, 0.1) is 27.4 Å². The van der Waals surface area contributed by atoms with Gasteiger partial charge in [0.1, 0.15) is 28.9 Å². The third-order valence-electron chi connectivity index (χ3n) is 17.5. The van der Waals surface area contributed by atoms with Crippen molar-refractivity contribution in [3.8, 4) is 11.6 Å². The third kappa shape index (κ3) is 9.67.